The first-order valence-corrected chi connectivity index (χ1v) is 11.1. The number of rotatable bonds is 6. The Hall–Kier alpha value is -3.72. The summed E-state index contributed by atoms with van der Waals surface area (Å²) in [6, 6.07) is 8.26. The van der Waals surface area contributed by atoms with Crippen LogP contribution in [0.3, 0.4) is 0 Å². The van der Waals surface area contributed by atoms with Gasteiger partial charge in [-0.25, -0.2) is 9.79 Å². The van der Waals surface area contributed by atoms with Crippen molar-refractivity contribution in [1.82, 2.24) is 9.55 Å². The van der Waals surface area contributed by atoms with Gasteiger partial charge in [-0.2, -0.15) is 0 Å². The van der Waals surface area contributed by atoms with E-state index >= 15 is 0 Å². The second kappa shape index (κ2) is 9.41. The molecule has 8 nitrogen and oxygen atoms in total. The SMILES string of the molecule is CCOC(=O)C1=C(C)N=c2s/c(=C/c3cccnc3)c(=O)n2[C@@H]1c1ccc(OC)c(OC)c1. The zero-order valence-corrected chi connectivity index (χ0v) is 19.5. The van der Waals surface area contributed by atoms with Crippen molar-refractivity contribution < 1.29 is 19.0 Å². The molecule has 2 aromatic heterocycles. The molecule has 0 saturated heterocycles. The average Bonchev–Trinajstić information content (AvgIpc) is 3.12. The van der Waals surface area contributed by atoms with Gasteiger partial charge in [-0.15, -0.1) is 0 Å². The fourth-order valence-electron chi connectivity index (χ4n) is 3.74. The number of nitrogens with zero attached hydrogens (tertiary/aromatic N) is 3. The van der Waals surface area contributed by atoms with Gasteiger partial charge < -0.3 is 14.2 Å². The molecule has 33 heavy (non-hydrogen) atoms. The molecule has 0 unspecified atom stereocenters. The third kappa shape index (κ3) is 4.19. The molecule has 0 N–H and O–H groups in total. The number of methoxy groups -OCH3 is 2. The van der Waals surface area contributed by atoms with Crippen molar-refractivity contribution in [3.8, 4) is 11.5 Å². The van der Waals surface area contributed by atoms with E-state index in [2.05, 4.69) is 9.98 Å². The van der Waals surface area contributed by atoms with Crippen LogP contribution in [0.1, 0.15) is 31.0 Å². The quantitative estimate of drug-likeness (QED) is 0.519. The third-order valence-electron chi connectivity index (χ3n) is 5.22. The molecule has 4 rings (SSSR count). The predicted octanol–water partition coefficient (Wildman–Crippen LogP) is 2.21. The Labute approximate surface area is 194 Å². The second-order valence-corrected chi connectivity index (χ2v) is 8.21. The highest BCUT2D eigenvalue weighted by Crippen LogP contribution is 2.36. The van der Waals surface area contributed by atoms with Gasteiger partial charge in [0.05, 0.1) is 42.7 Å². The third-order valence-corrected chi connectivity index (χ3v) is 6.21. The number of pyridine rings is 1. The number of benzene rings is 1. The number of aromatic nitrogens is 2. The summed E-state index contributed by atoms with van der Waals surface area (Å²) in [7, 11) is 3.08. The van der Waals surface area contributed by atoms with Gasteiger partial charge in [-0.1, -0.05) is 23.5 Å². The Morgan fingerprint density at radius 3 is 2.67 bits per heavy atom. The predicted molar refractivity (Wildman–Crippen MR) is 124 cm³/mol. The minimum atomic E-state index is -0.726. The molecule has 9 heteroatoms. The molecule has 1 atom stereocenters. The normalized spacial score (nSPS) is 15.6. The Balaban J connectivity index is 1.98. The lowest BCUT2D eigenvalue weighted by atomic mass is 9.95. The number of carbonyl (C=O) groups is 1. The van der Waals surface area contributed by atoms with Crippen LogP contribution in [0.5, 0.6) is 11.5 Å². The number of hydrogen-bond donors (Lipinski definition) is 0. The molecule has 0 spiro atoms. The summed E-state index contributed by atoms with van der Waals surface area (Å²) >= 11 is 1.26. The van der Waals surface area contributed by atoms with Crippen LogP contribution in [0, 0.1) is 0 Å². The maximum Gasteiger partial charge on any atom is 0.338 e. The van der Waals surface area contributed by atoms with E-state index in [4.69, 9.17) is 14.2 Å². The first-order valence-electron chi connectivity index (χ1n) is 10.3. The van der Waals surface area contributed by atoms with Crippen LogP contribution < -0.4 is 24.4 Å². The van der Waals surface area contributed by atoms with Crippen molar-refractivity contribution >= 4 is 23.4 Å². The van der Waals surface area contributed by atoms with Gasteiger partial charge in [-0.05, 0) is 49.2 Å². The molecule has 3 aromatic rings. The van der Waals surface area contributed by atoms with Crippen LogP contribution in [0.4, 0.5) is 0 Å². The molecule has 0 radical (unpaired) electrons. The van der Waals surface area contributed by atoms with Gasteiger partial charge in [-0.3, -0.25) is 14.3 Å². The number of hydrogen-bond acceptors (Lipinski definition) is 8. The van der Waals surface area contributed by atoms with Crippen molar-refractivity contribution in [1.29, 1.82) is 0 Å². The molecule has 1 aliphatic heterocycles. The summed E-state index contributed by atoms with van der Waals surface area (Å²) in [6.07, 6.45) is 5.12. The van der Waals surface area contributed by atoms with Gasteiger partial charge in [0.25, 0.3) is 5.56 Å². The molecule has 1 aromatic carbocycles. The minimum absolute atomic E-state index is 0.208. The number of esters is 1. The van der Waals surface area contributed by atoms with Crippen LogP contribution in [0.25, 0.3) is 6.08 Å². The second-order valence-electron chi connectivity index (χ2n) is 7.20. The summed E-state index contributed by atoms with van der Waals surface area (Å²) in [6.45, 7) is 3.69. The van der Waals surface area contributed by atoms with Gasteiger partial charge in [0.15, 0.2) is 16.3 Å². The highest BCUT2D eigenvalue weighted by molar-refractivity contribution is 7.07. The molecule has 3 heterocycles. The first kappa shape index (κ1) is 22.5. The average molecular weight is 466 g/mol. The van der Waals surface area contributed by atoms with Gasteiger partial charge in [0.2, 0.25) is 0 Å². The Morgan fingerprint density at radius 2 is 2.00 bits per heavy atom. The largest absolute Gasteiger partial charge is 0.493 e. The van der Waals surface area contributed by atoms with Gasteiger partial charge in [0, 0.05) is 12.4 Å². The number of carbonyl (C=O) groups excluding carboxylic acids is 1. The summed E-state index contributed by atoms with van der Waals surface area (Å²) in [4.78, 5) is 35.7. The molecule has 0 saturated carbocycles. The van der Waals surface area contributed by atoms with Crippen LogP contribution in [0.2, 0.25) is 0 Å². The Kier molecular flexibility index (Phi) is 6.41. The number of thiazole rings is 1. The van der Waals surface area contributed by atoms with E-state index < -0.39 is 12.0 Å². The Bertz CT molecular complexity index is 1410. The lowest BCUT2D eigenvalue weighted by Crippen LogP contribution is -2.40. The number of ether oxygens (including phenoxy) is 3. The van der Waals surface area contributed by atoms with E-state index in [9.17, 15) is 9.59 Å². The topological polar surface area (TPSA) is 92.0 Å². The summed E-state index contributed by atoms with van der Waals surface area (Å²) in [5.74, 6) is 0.522. The highest BCUT2D eigenvalue weighted by Gasteiger charge is 2.33. The van der Waals surface area contributed by atoms with Crippen molar-refractivity contribution in [2.75, 3.05) is 20.8 Å². The molecular weight excluding hydrogens is 442 g/mol. The number of fused-ring (bicyclic) bond motifs is 1. The zero-order valence-electron chi connectivity index (χ0n) is 18.7. The number of allylic oxidation sites excluding steroid dienone is 1. The summed E-state index contributed by atoms with van der Waals surface area (Å²) in [5, 5.41) is 0. The smallest absolute Gasteiger partial charge is 0.338 e. The highest BCUT2D eigenvalue weighted by atomic mass is 32.1. The first-order chi connectivity index (χ1) is 16.0. The zero-order chi connectivity index (χ0) is 23.5. The van der Waals surface area contributed by atoms with Crippen LogP contribution in [-0.2, 0) is 9.53 Å². The van der Waals surface area contributed by atoms with E-state index in [0.717, 1.165) is 5.56 Å². The Morgan fingerprint density at radius 1 is 1.21 bits per heavy atom. The van der Waals surface area contributed by atoms with E-state index in [1.54, 1.807) is 57.6 Å². The van der Waals surface area contributed by atoms with E-state index in [-0.39, 0.29) is 12.2 Å². The van der Waals surface area contributed by atoms with Crippen LogP contribution in [-0.4, -0.2) is 36.3 Å². The maximum atomic E-state index is 13.5. The van der Waals surface area contributed by atoms with Gasteiger partial charge in [0.1, 0.15) is 0 Å². The maximum absolute atomic E-state index is 13.5. The molecule has 1 aliphatic rings. The monoisotopic (exact) mass is 465 g/mol. The van der Waals surface area contributed by atoms with Crippen LogP contribution in [0.15, 0.2) is 63.8 Å². The fraction of sp³-hybridized carbons (Fsp3) is 0.250. The molecule has 0 fully saturated rings. The summed E-state index contributed by atoms with van der Waals surface area (Å²) < 4.78 is 18.2. The molecule has 170 valence electrons. The molecule has 0 amide bonds. The van der Waals surface area contributed by atoms with Crippen molar-refractivity contribution in [3.05, 3.63) is 84.8 Å². The molecular formula is C24H23N3O5S. The minimum Gasteiger partial charge on any atom is -0.493 e. The van der Waals surface area contributed by atoms with Crippen molar-refractivity contribution in [2.45, 2.75) is 19.9 Å². The summed E-state index contributed by atoms with van der Waals surface area (Å²) in [5.41, 5.74) is 2.04. The lowest BCUT2D eigenvalue weighted by molar-refractivity contribution is -0.139. The fourth-order valence-corrected chi connectivity index (χ4v) is 4.79. The molecule has 0 aliphatic carbocycles. The lowest BCUT2D eigenvalue weighted by Gasteiger charge is -2.25. The van der Waals surface area contributed by atoms with Gasteiger partial charge >= 0.3 is 5.97 Å². The molecule has 0 bridgehead atoms. The van der Waals surface area contributed by atoms with E-state index in [1.807, 2.05) is 12.1 Å². The van der Waals surface area contributed by atoms with Crippen molar-refractivity contribution in [2.24, 2.45) is 4.99 Å². The van der Waals surface area contributed by atoms with Crippen LogP contribution >= 0.6 is 11.3 Å². The standard InChI is InChI=1S/C24H23N3O5S/c1-5-32-23(29)20-14(2)26-24-27(21(20)16-8-9-17(30-3)18(12-16)31-4)22(28)19(33-24)11-15-7-6-10-25-13-15/h6-13,21H,5H2,1-4H3/b19-11+/t21-/m1/s1. The van der Waals surface area contributed by atoms with E-state index in [0.29, 0.717) is 37.7 Å². The van der Waals surface area contributed by atoms with E-state index in [1.165, 1.54) is 23.0 Å². The van der Waals surface area contributed by atoms with Crippen molar-refractivity contribution in [3.63, 3.8) is 0 Å².